The molecule has 0 bridgehead atoms. The van der Waals surface area contributed by atoms with Crippen molar-refractivity contribution in [1.29, 1.82) is 0 Å². The van der Waals surface area contributed by atoms with Crippen LogP contribution in [0.4, 0.5) is 0 Å². The van der Waals surface area contributed by atoms with Crippen LogP contribution >= 0.6 is 0 Å². The summed E-state index contributed by atoms with van der Waals surface area (Å²) in [5, 5.41) is 0. The number of rotatable bonds is 6. The second kappa shape index (κ2) is 8.48. The number of unbranched alkanes of at least 4 members (excludes halogenated alkanes) is 2. The summed E-state index contributed by atoms with van der Waals surface area (Å²) in [5.41, 5.74) is 0. The van der Waals surface area contributed by atoms with Gasteiger partial charge in [0.05, 0.1) is 6.17 Å². The van der Waals surface area contributed by atoms with E-state index in [1.165, 1.54) is 25.7 Å². The fraction of sp³-hybridized carbons (Fsp3) is 1.00. The lowest BCUT2D eigenvalue weighted by Crippen LogP contribution is -2.40. The molecular formula is C10H27N3. The minimum absolute atomic E-state index is 0. The third-order valence-corrected chi connectivity index (χ3v) is 2.26. The third kappa shape index (κ3) is 6.99. The normalized spacial score (nSPS) is 11.1. The Morgan fingerprint density at radius 3 is 1.69 bits per heavy atom. The summed E-state index contributed by atoms with van der Waals surface area (Å²) >= 11 is 0. The molecule has 13 heavy (non-hydrogen) atoms. The average molecular weight is 189 g/mol. The van der Waals surface area contributed by atoms with Crippen LogP contribution in [0.25, 0.3) is 0 Å². The second-order valence-corrected chi connectivity index (χ2v) is 3.90. The first-order valence-corrected chi connectivity index (χ1v) is 4.92. The van der Waals surface area contributed by atoms with Crippen molar-refractivity contribution in [3.05, 3.63) is 0 Å². The highest BCUT2D eigenvalue weighted by molar-refractivity contribution is 4.62. The second-order valence-electron chi connectivity index (χ2n) is 3.90. The first-order valence-electron chi connectivity index (χ1n) is 4.92. The highest BCUT2D eigenvalue weighted by atomic mass is 15.3. The van der Waals surface area contributed by atoms with E-state index in [0.29, 0.717) is 6.17 Å². The SMILES string of the molecule is CCCCCC(N(C)C)N(C)C.N. The molecule has 0 saturated carbocycles. The van der Waals surface area contributed by atoms with E-state index >= 15 is 0 Å². The van der Waals surface area contributed by atoms with Gasteiger partial charge >= 0.3 is 0 Å². The average Bonchev–Trinajstić information content (AvgIpc) is 1.96. The lowest BCUT2D eigenvalue weighted by Gasteiger charge is -2.30. The molecule has 3 N–H and O–H groups in total. The van der Waals surface area contributed by atoms with Gasteiger partial charge in [-0.05, 0) is 34.6 Å². The van der Waals surface area contributed by atoms with Gasteiger partial charge in [0, 0.05) is 0 Å². The number of hydrogen-bond donors (Lipinski definition) is 1. The number of nitrogens with zero attached hydrogens (tertiary/aromatic N) is 2. The topological polar surface area (TPSA) is 41.5 Å². The largest absolute Gasteiger partial charge is 0.344 e. The summed E-state index contributed by atoms with van der Waals surface area (Å²) in [7, 11) is 8.60. The molecule has 0 fully saturated rings. The molecule has 0 aliphatic rings. The van der Waals surface area contributed by atoms with Gasteiger partial charge in [-0.3, -0.25) is 9.80 Å². The lowest BCUT2D eigenvalue weighted by molar-refractivity contribution is 0.117. The molecule has 0 unspecified atom stereocenters. The quantitative estimate of drug-likeness (QED) is 0.514. The van der Waals surface area contributed by atoms with E-state index in [0.717, 1.165) is 0 Å². The van der Waals surface area contributed by atoms with E-state index < -0.39 is 0 Å². The summed E-state index contributed by atoms with van der Waals surface area (Å²) in [6.07, 6.45) is 5.91. The van der Waals surface area contributed by atoms with Gasteiger partial charge in [-0.1, -0.05) is 26.2 Å². The summed E-state index contributed by atoms with van der Waals surface area (Å²) in [6, 6.07) is 0. The fourth-order valence-electron chi connectivity index (χ4n) is 1.56. The van der Waals surface area contributed by atoms with Crippen molar-refractivity contribution >= 4 is 0 Å². The molecule has 0 aromatic heterocycles. The zero-order valence-corrected chi connectivity index (χ0v) is 10.0. The van der Waals surface area contributed by atoms with Crippen LogP contribution in [-0.2, 0) is 0 Å². The van der Waals surface area contributed by atoms with Crippen LogP contribution in [0.15, 0.2) is 0 Å². The molecule has 0 amide bonds. The zero-order chi connectivity index (χ0) is 9.56. The molecule has 0 aliphatic heterocycles. The van der Waals surface area contributed by atoms with Gasteiger partial charge in [-0.2, -0.15) is 0 Å². The Labute approximate surface area is 83.7 Å². The van der Waals surface area contributed by atoms with Crippen molar-refractivity contribution in [2.75, 3.05) is 28.2 Å². The summed E-state index contributed by atoms with van der Waals surface area (Å²) < 4.78 is 0. The standard InChI is InChI=1S/C10H24N2.H3N/c1-6-7-8-9-10(11(2)3)12(4)5;/h10H,6-9H2,1-5H3;1H3. The van der Waals surface area contributed by atoms with E-state index in [2.05, 4.69) is 44.9 Å². The summed E-state index contributed by atoms with van der Waals surface area (Å²) in [4.78, 5) is 4.57. The van der Waals surface area contributed by atoms with Crippen molar-refractivity contribution in [2.45, 2.75) is 38.8 Å². The summed E-state index contributed by atoms with van der Waals surface area (Å²) in [6.45, 7) is 2.25. The molecule has 0 heterocycles. The van der Waals surface area contributed by atoms with Crippen molar-refractivity contribution in [1.82, 2.24) is 16.0 Å². The zero-order valence-electron chi connectivity index (χ0n) is 10.0. The number of hydrogen-bond acceptors (Lipinski definition) is 3. The Hall–Kier alpha value is -0.120. The maximum Gasteiger partial charge on any atom is 0.0612 e. The Balaban J connectivity index is 0. The highest BCUT2D eigenvalue weighted by Gasteiger charge is 2.11. The predicted octanol–water partition coefficient (Wildman–Crippen LogP) is 2.18. The first-order chi connectivity index (χ1) is 5.59. The molecule has 0 rings (SSSR count). The van der Waals surface area contributed by atoms with E-state index in [-0.39, 0.29) is 6.15 Å². The summed E-state index contributed by atoms with van der Waals surface area (Å²) in [5.74, 6) is 0. The van der Waals surface area contributed by atoms with Crippen LogP contribution in [-0.4, -0.2) is 44.2 Å². The van der Waals surface area contributed by atoms with Crippen LogP contribution in [0.1, 0.15) is 32.6 Å². The Bertz CT molecular complexity index is 94.3. The van der Waals surface area contributed by atoms with Crippen LogP contribution in [0.2, 0.25) is 0 Å². The van der Waals surface area contributed by atoms with Crippen molar-refractivity contribution in [3.8, 4) is 0 Å². The van der Waals surface area contributed by atoms with Crippen LogP contribution in [0.5, 0.6) is 0 Å². The monoisotopic (exact) mass is 189 g/mol. The van der Waals surface area contributed by atoms with Crippen LogP contribution in [0, 0.1) is 0 Å². The Kier molecular flexibility index (Phi) is 10.0. The minimum Gasteiger partial charge on any atom is -0.344 e. The molecule has 0 spiro atoms. The van der Waals surface area contributed by atoms with Gasteiger partial charge in [0.15, 0.2) is 0 Å². The molecular weight excluding hydrogens is 162 g/mol. The van der Waals surface area contributed by atoms with Gasteiger partial charge in [0.1, 0.15) is 0 Å². The molecule has 0 aromatic rings. The Morgan fingerprint density at radius 2 is 1.38 bits per heavy atom. The smallest absolute Gasteiger partial charge is 0.0612 e. The molecule has 0 aliphatic carbocycles. The van der Waals surface area contributed by atoms with Gasteiger partial charge in [0.2, 0.25) is 0 Å². The third-order valence-electron chi connectivity index (χ3n) is 2.26. The van der Waals surface area contributed by atoms with E-state index in [1.807, 2.05) is 0 Å². The van der Waals surface area contributed by atoms with Gasteiger partial charge in [0.25, 0.3) is 0 Å². The molecule has 0 aromatic carbocycles. The predicted molar refractivity (Wildman–Crippen MR) is 60.3 cm³/mol. The van der Waals surface area contributed by atoms with Gasteiger partial charge in [-0.25, -0.2) is 0 Å². The van der Waals surface area contributed by atoms with Crippen LogP contribution < -0.4 is 6.15 Å². The minimum atomic E-state index is 0. The Morgan fingerprint density at radius 1 is 0.923 bits per heavy atom. The first kappa shape index (κ1) is 15.4. The van der Waals surface area contributed by atoms with Crippen molar-refractivity contribution < 1.29 is 0 Å². The lowest BCUT2D eigenvalue weighted by atomic mass is 10.1. The maximum atomic E-state index is 2.29. The molecule has 0 saturated heterocycles. The highest BCUT2D eigenvalue weighted by Crippen LogP contribution is 2.08. The van der Waals surface area contributed by atoms with Gasteiger partial charge in [-0.15, -0.1) is 0 Å². The molecule has 0 radical (unpaired) electrons. The molecule has 0 atom stereocenters. The van der Waals surface area contributed by atoms with E-state index in [4.69, 9.17) is 0 Å². The fourth-order valence-corrected chi connectivity index (χ4v) is 1.56. The van der Waals surface area contributed by atoms with E-state index in [1.54, 1.807) is 0 Å². The van der Waals surface area contributed by atoms with Crippen molar-refractivity contribution in [3.63, 3.8) is 0 Å². The molecule has 3 heteroatoms. The van der Waals surface area contributed by atoms with Crippen LogP contribution in [0.3, 0.4) is 0 Å². The maximum absolute atomic E-state index is 2.29. The molecule has 82 valence electrons. The molecule has 3 nitrogen and oxygen atoms in total. The van der Waals surface area contributed by atoms with Crippen molar-refractivity contribution in [2.24, 2.45) is 0 Å². The van der Waals surface area contributed by atoms with E-state index in [9.17, 15) is 0 Å². The van der Waals surface area contributed by atoms with Gasteiger partial charge < -0.3 is 6.15 Å².